The maximum Gasteiger partial charge on any atom is 0.0999 e. The number of aliphatic hydroxyl groups is 2. The first-order chi connectivity index (χ1) is 9.18. The van der Waals surface area contributed by atoms with Crippen molar-refractivity contribution in [2.24, 2.45) is 0 Å². The fraction of sp³-hybridized carbons (Fsp3) is 0.176. The first kappa shape index (κ1) is 13.5. The second kappa shape index (κ2) is 6.32. The number of rotatable bonds is 5. The molecule has 2 aromatic rings. The fourth-order valence-electron chi connectivity index (χ4n) is 2.02. The molecule has 0 fully saturated rings. The lowest BCUT2D eigenvalue weighted by Crippen LogP contribution is -2.05. The Balaban J connectivity index is 2.02. The van der Waals surface area contributed by atoms with Crippen LogP contribution in [0.25, 0.3) is 0 Å². The van der Waals surface area contributed by atoms with E-state index in [9.17, 15) is 10.2 Å². The zero-order valence-corrected chi connectivity index (χ0v) is 10.7. The number of aliphatic hydroxyl groups excluding tert-OH is 2. The van der Waals surface area contributed by atoms with Crippen molar-refractivity contribution in [2.45, 2.75) is 18.6 Å². The summed E-state index contributed by atoms with van der Waals surface area (Å²) in [6.45, 7) is 3.89. The lowest BCUT2D eigenvalue weighted by Gasteiger charge is -2.17. The molecule has 0 unspecified atom stereocenters. The maximum atomic E-state index is 10.2. The van der Waals surface area contributed by atoms with Crippen LogP contribution in [0.1, 0.15) is 29.8 Å². The van der Waals surface area contributed by atoms with Crippen molar-refractivity contribution >= 4 is 0 Å². The third-order valence-electron chi connectivity index (χ3n) is 3.14. The average molecular weight is 254 g/mol. The van der Waals surface area contributed by atoms with E-state index in [2.05, 4.69) is 6.58 Å². The highest BCUT2D eigenvalue weighted by atomic mass is 16.3. The van der Waals surface area contributed by atoms with Crippen LogP contribution in [-0.2, 0) is 0 Å². The van der Waals surface area contributed by atoms with Crippen molar-refractivity contribution in [3.8, 4) is 0 Å². The van der Waals surface area contributed by atoms with Gasteiger partial charge >= 0.3 is 0 Å². The Morgan fingerprint density at radius 1 is 0.842 bits per heavy atom. The van der Waals surface area contributed by atoms with Gasteiger partial charge in [-0.3, -0.25) is 0 Å². The Labute approximate surface area is 113 Å². The quantitative estimate of drug-likeness (QED) is 0.803. The topological polar surface area (TPSA) is 40.5 Å². The van der Waals surface area contributed by atoms with E-state index >= 15 is 0 Å². The second-order valence-corrected chi connectivity index (χ2v) is 4.60. The van der Waals surface area contributed by atoms with E-state index in [1.165, 1.54) is 0 Å². The van der Waals surface area contributed by atoms with E-state index in [-0.39, 0.29) is 0 Å². The van der Waals surface area contributed by atoms with Crippen molar-refractivity contribution in [2.75, 3.05) is 0 Å². The van der Waals surface area contributed by atoms with Crippen molar-refractivity contribution in [3.63, 3.8) is 0 Å². The molecule has 98 valence electrons. The van der Waals surface area contributed by atoms with Crippen molar-refractivity contribution in [3.05, 3.63) is 83.9 Å². The first-order valence-electron chi connectivity index (χ1n) is 6.32. The normalized spacial score (nSPS) is 13.8. The largest absolute Gasteiger partial charge is 0.388 e. The molecule has 0 bridgehead atoms. The molecule has 2 rings (SSSR count). The van der Waals surface area contributed by atoms with Crippen LogP contribution in [0.3, 0.4) is 0 Å². The fourth-order valence-corrected chi connectivity index (χ4v) is 2.02. The highest BCUT2D eigenvalue weighted by Crippen LogP contribution is 2.28. The second-order valence-electron chi connectivity index (χ2n) is 4.60. The molecule has 0 aliphatic rings. The molecule has 0 spiro atoms. The van der Waals surface area contributed by atoms with E-state index in [0.29, 0.717) is 12.0 Å². The summed E-state index contributed by atoms with van der Waals surface area (Å²) in [4.78, 5) is 0. The lowest BCUT2D eigenvalue weighted by molar-refractivity contribution is 0.154. The van der Waals surface area contributed by atoms with Crippen LogP contribution in [0.5, 0.6) is 0 Å². The third-order valence-corrected chi connectivity index (χ3v) is 3.14. The summed E-state index contributed by atoms with van der Waals surface area (Å²) in [5.74, 6) is 0. The smallest absolute Gasteiger partial charge is 0.0999 e. The van der Waals surface area contributed by atoms with Gasteiger partial charge in [-0.15, -0.1) is 0 Å². The van der Waals surface area contributed by atoms with Gasteiger partial charge in [-0.2, -0.15) is 0 Å². The van der Waals surface area contributed by atoms with Crippen LogP contribution in [0.2, 0.25) is 0 Å². The molecule has 0 aliphatic carbocycles. The molecule has 19 heavy (non-hydrogen) atoms. The Kier molecular flexibility index (Phi) is 4.50. The molecule has 0 heterocycles. The summed E-state index contributed by atoms with van der Waals surface area (Å²) in [7, 11) is 0. The van der Waals surface area contributed by atoms with Gasteiger partial charge in [0.2, 0.25) is 0 Å². The van der Waals surface area contributed by atoms with Gasteiger partial charge in [0.05, 0.1) is 12.2 Å². The molecule has 2 nitrogen and oxygen atoms in total. The van der Waals surface area contributed by atoms with Crippen LogP contribution in [0.15, 0.2) is 72.8 Å². The van der Waals surface area contributed by atoms with E-state index in [4.69, 9.17) is 0 Å². The first-order valence-corrected chi connectivity index (χ1v) is 6.32. The van der Waals surface area contributed by atoms with Gasteiger partial charge in [-0.25, -0.2) is 0 Å². The van der Waals surface area contributed by atoms with Gasteiger partial charge in [-0.05, 0) is 16.7 Å². The predicted molar refractivity (Wildman–Crippen MR) is 76.6 cm³/mol. The highest BCUT2D eigenvalue weighted by Gasteiger charge is 2.16. The summed E-state index contributed by atoms with van der Waals surface area (Å²) in [5.41, 5.74) is 2.25. The van der Waals surface area contributed by atoms with Crippen LogP contribution < -0.4 is 0 Å². The Bertz CT molecular complexity index is 519. The molecule has 2 atom stereocenters. The van der Waals surface area contributed by atoms with E-state index < -0.39 is 12.2 Å². The van der Waals surface area contributed by atoms with E-state index in [1.54, 1.807) is 0 Å². The molecule has 2 N–H and O–H groups in total. The lowest BCUT2D eigenvalue weighted by atomic mass is 9.95. The Morgan fingerprint density at radius 3 is 1.84 bits per heavy atom. The molecule has 2 heteroatoms. The van der Waals surface area contributed by atoms with Crippen LogP contribution in [0, 0.1) is 0 Å². The van der Waals surface area contributed by atoms with Gasteiger partial charge in [0.25, 0.3) is 0 Å². The van der Waals surface area contributed by atoms with E-state index in [0.717, 1.165) is 11.1 Å². The summed E-state index contributed by atoms with van der Waals surface area (Å²) < 4.78 is 0. The third kappa shape index (κ3) is 3.53. The zero-order chi connectivity index (χ0) is 13.7. The van der Waals surface area contributed by atoms with Gasteiger partial charge in [0.15, 0.2) is 0 Å². The van der Waals surface area contributed by atoms with Crippen molar-refractivity contribution in [1.82, 2.24) is 0 Å². The van der Waals surface area contributed by atoms with Gasteiger partial charge in [0, 0.05) is 6.42 Å². The molecule has 0 saturated carbocycles. The molecular weight excluding hydrogens is 236 g/mol. The molecule has 2 aromatic carbocycles. The van der Waals surface area contributed by atoms with E-state index in [1.807, 2.05) is 60.7 Å². The predicted octanol–water partition coefficient (Wildman–Crippen LogP) is 3.40. The molecule has 0 aromatic heterocycles. The van der Waals surface area contributed by atoms with Gasteiger partial charge < -0.3 is 10.2 Å². The standard InChI is InChI=1S/C17H18O2/c1-13(17(19)15-10-6-3-7-11-15)12-16(18)14-8-4-2-5-9-14/h2-11,16-19H,1,12H2/t16-,17+/m1/s1. The summed E-state index contributed by atoms with van der Waals surface area (Å²) in [6, 6.07) is 18.8. The summed E-state index contributed by atoms with van der Waals surface area (Å²) in [6.07, 6.45) is -1.02. The summed E-state index contributed by atoms with van der Waals surface area (Å²) in [5, 5.41) is 20.3. The molecular formula is C17H18O2. The Morgan fingerprint density at radius 2 is 1.32 bits per heavy atom. The molecule has 0 amide bonds. The number of hydrogen-bond acceptors (Lipinski definition) is 2. The molecule has 0 radical (unpaired) electrons. The average Bonchev–Trinajstić information content (AvgIpc) is 2.48. The minimum absolute atomic E-state index is 0.347. The summed E-state index contributed by atoms with van der Waals surface area (Å²) >= 11 is 0. The van der Waals surface area contributed by atoms with Crippen LogP contribution >= 0.6 is 0 Å². The van der Waals surface area contributed by atoms with Crippen molar-refractivity contribution in [1.29, 1.82) is 0 Å². The maximum absolute atomic E-state index is 10.2. The number of hydrogen-bond donors (Lipinski definition) is 2. The van der Waals surface area contributed by atoms with Crippen molar-refractivity contribution < 1.29 is 10.2 Å². The Hall–Kier alpha value is -1.90. The van der Waals surface area contributed by atoms with Crippen LogP contribution in [0.4, 0.5) is 0 Å². The molecule has 0 aliphatic heterocycles. The highest BCUT2D eigenvalue weighted by molar-refractivity contribution is 5.26. The molecule has 0 saturated heterocycles. The number of benzene rings is 2. The minimum atomic E-state index is -0.737. The van der Waals surface area contributed by atoms with Crippen LogP contribution in [-0.4, -0.2) is 10.2 Å². The monoisotopic (exact) mass is 254 g/mol. The minimum Gasteiger partial charge on any atom is -0.388 e. The van der Waals surface area contributed by atoms with Gasteiger partial charge in [0.1, 0.15) is 0 Å². The van der Waals surface area contributed by atoms with Gasteiger partial charge in [-0.1, -0.05) is 67.2 Å². The zero-order valence-electron chi connectivity index (χ0n) is 10.7. The SMILES string of the molecule is C=C(C[C@@H](O)c1ccccc1)[C@H](O)c1ccccc1.